The number of carboxylic acid groups (broad SMARTS) is 1. The van der Waals surface area contributed by atoms with Crippen molar-refractivity contribution in [2.45, 2.75) is 11.4 Å². The highest BCUT2D eigenvalue weighted by Gasteiger charge is 2.26. The maximum absolute atomic E-state index is 12.7. The molecule has 1 fully saturated rings. The highest BCUT2D eigenvalue weighted by molar-refractivity contribution is 7.89. The summed E-state index contributed by atoms with van der Waals surface area (Å²) in [5, 5.41) is 13.6. The Balaban J connectivity index is 1.61. The zero-order valence-corrected chi connectivity index (χ0v) is 17.6. The van der Waals surface area contributed by atoms with Gasteiger partial charge in [-0.1, -0.05) is 18.2 Å². The van der Waals surface area contributed by atoms with Crippen molar-refractivity contribution >= 4 is 32.5 Å². The maximum Gasteiger partial charge on any atom is 0.357 e. The molecule has 0 saturated carbocycles. The quantitative estimate of drug-likeness (QED) is 0.542. The van der Waals surface area contributed by atoms with E-state index in [2.05, 4.69) is 5.10 Å². The number of carboxylic acids is 1. The van der Waals surface area contributed by atoms with E-state index in [1.165, 1.54) is 40.7 Å². The molecule has 11 heteroatoms. The molecule has 0 radical (unpaired) electrons. The van der Waals surface area contributed by atoms with Gasteiger partial charge in [0.05, 0.1) is 23.5 Å². The van der Waals surface area contributed by atoms with E-state index in [0.29, 0.717) is 13.2 Å². The first kappa shape index (κ1) is 21.8. The molecular formula is C21H19N3O7S. The van der Waals surface area contributed by atoms with Gasteiger partial charge in [-0.3, -0.25) is 9.59 Å². The van der Waals surface area contributed by atoms with Crippen LogP contribution in [-0.2, 0) is 21.3 Å². The van der Waals surface area contributed by atoms with Crippen LogP contribution in [0.1, 0.15) is 20.8 Å². The molecule has 0 amide bonds. The van der Waals surface area contributed by atoms with Crippen molar-refractivity contribution in [1.29, 1.82) is 0 Å². The summed E-state index contributed by atoms with van der Waals surface area (Å²) in [6, 6.07) is 11.5. The maximum atomic E-state index is 12.7. The monoisotopic (exact) mass is 457 g/mol. The Morgan fingerprint density at radius 3 is 2.25 bits per heavy atom. The number of benzene rings is 2. The Morgan fingerprint density at radius 2 is 1.62 bits per heavy atom. The highest BCUT2D eigenvalue weighted by Crippen LogP contribution is 2.18. The molecule has 1 aliphatic rings. The van der Waals surface area contributed by atoms with E-state index < -0.39 is 33.9 Å². The standard InChI is InChI=1S/C21H19N3O7S/c25-18(13-24-20(26)17-4-2-1-3-16(17)19(22-24)21(27)28)14-5-7-15(8-6-14)32(29,30)23-9-11-31-12-10-23/h1-8H,9-13H2,(H,27,28). The largest absolute Gasteiger partial charge is 0.476 e. The first-order valence-corrected chi connectivity index (χ1v) is 11.2. The summed E-state index contributed by atoms with van der Waals surface area (Å²) in [5.74, 6) is -1.83. The van der Waals surface area contributed by atoms with Gasteiger partial charge in [0.2, 0.25) is 10.0 Å². The van der Waals surface area contributed by atoms with Crippen molar-refractivity contribution in [3.05, 3.63) is 70.1 Å². The average Bonchev–Trinajstić information content (AvgIpc) is 2.81. The van der Waals surface area contributed by atoms with Crippen LogP contribution in [0.5, 0.6) is 0 Å². The van der Waals surface area contributed by atoms with Gasteiger partial charge in [-0.2, -0.15) is 9.40 Å². The van der Waals surface area contributed by atoms with Crippen LogP contribution in [0.4, 0.5) is 0 Å². The number of ketones is 1. The molecule has 0 aliphatic carbocycles. The summed E-state index contributed by atoms with van der Waals surface area (Å²) < 4.78 is 32.7. The molecule has 2 heterocycles. The number of aromatic nitrogens is 2. The number of hydrogen-bond acceptors (Lipinski definition) is 7. The van der Waals surface area contributed by atoms with Gasteiger partial charge < -0.3 is 9.84 Å². The summed E-state index contributed by atoms with van der Waals surface area (Å²) in [6.45, 7) is 0.666. The average molecular weight is 457 g/mol. The van der Waals surface area contributed by atoms with E-state index in [9.17, 15) is 27.9 Å². The Hall–Kier alpha value is -3.41. The van der Waals surface area contributed by atoms with Crippen LogP contribution in [0.2, 0.25) is 0 Å². The molecule has 0 bridgehead atoms. The normalized spacial score (nSPS) is 15.0. The number of carbonyl (C=O) groups is 2. The Bertz CT molecular complexity index is 1360. The lowest BCUT2D eigenvalue weighted by Crippen LogP contribution is -2.40. The van der Waals surface area contributed by atoms with E-state index in [1.54, 1.807) is 12.1 Å². The van der Waals surface area contributed by atoms with Crippen molar-refractivity contribution in [2.24, 2.45) is 0 Å². The van der Waals surface area contributed by atoms with Gasteiger partial charge in [0, 0.05) is 24.0 Å². The van der Waals surface area contributed by atoms with Gasteiger partial charge >= 0.3 is 5.97 Å². The van der Waals surface area contributed by atoms with Crippen LogP contribution in [0, 0.1) is 0 Å². The molecule has 0 atom stereocenters. The van der Waals surface area contributed by atoms with Crippen LogP contribution in [0.15, 0.2) is 58.2 Å². The molecule has 1 aliphatic heterocycles. The predicted molar refractivity (Wildman–Crippen MR) is 113 cm³/mol. The second-order valence-electron chi connectivity index (χ2n) is 7.13. The zero-order valence-electron chi connectivity index (χ0n) is 16.8. The topological polar surface area (TPSA) is 136 Å². The molecule has 0 unspecified atom stereocenters. The molecule has 2 aromatic carbocycles. The van der Waals surface area contributed by atoms with Crippen LogP contribution >= 0.6 is 0 Å². The minimum atomic E-state index is -3.70. The second-order valence-corrected chi connectivity index (χ2v) is 9.06. The minimum Gasteiger partial charge on any atom is -0.476 e. The van der Waals surface area contributed by atoms with E-state index >= 15 is 0 Å². The molecule has 3 aromatic rings. The lowest BCUT2D eigenvalue weighted by atomic mass is 10.1. The first-order chi connectivity index (χ1) is 15.3. The zero-order chi connectivity index (χ0) is 22.9. The van der Waals surface area contributed by atoms with E-state index in [1.807, 2.05) is 0 Å². The fourth-order valence-electron chi connectivity index (χ4n) is 3.48. The Morgan fingerprint density at radius 1 is 1.00 bits per heavy atom. The third kappa shape index (κ3) is 4.05. The summed E-state index contributed by atoms with van der Waals surface area (Å²) in [7, 11) is -3.70. The van der Waals surface area contributed by atoms with Crippen molar-refractivity contribution < 1.29 is 27.9 Å². The number of ether oxygens (including phenoxy) is 1. The molecule has 1 saturated heterocycles. The van der Waals surface area contributed by atoms with E-state index in [-0.39, 0.29) is 40.0 Å². The number of aromatic carboxylic acids is 1. The van der Waals surface area contributed by atoms with Crippen LogP contribution in [0.25, 0.3) is 10.8 Å². The van der Waals surface area contributed by atoms with Gasteiger partial charge in [-0.15, -0.1) is 0 Å². The van der Waals surface area contributed by atoms with Crippen LogP contribution in [-0.4, -0.2) is 65.7 Å². The predicted octanol–water partition coefficient (Wildman–Crippen LogP) is 0.998. The van der Waals surface area contributed by atoms with Gasteiger partial charge in [0.25, 0.3) is 5.56 Å². The van der Waals surface area contributed by atoms with Crippen LogP contribution in [0.3, 0.4) is 0 Å². The molecule has 32 heavy (non-hydrogen) atoms. The summed E-state index contributed by atoms with van der Waals surface area (Å²) in [6.07, 6.45) is 0. The molecule has 1 N–H and O–H groups in total. The number of nitrogens with zero attached hydrogens (tertiary/aromatic N) is 3. The SMILES string of the molecule is O=C(Cn1nc(C(=O)O)c2ccccc2c1=O)c1ccc(S(=O)(=O)N2CCOCC2)cc1. The number of fused-ring (bicyclic) bond motifs is 1. The van der Waals surface area contributed by atoms with Crippen LogP contribution < -0.4 is 5.56 Å². The number of carbonyl (C=O) groups excluding carboxylic acids is 1. The molecular weight excluding hydrogens is 438 g/mol. The molecule has 166 valence electrons. The number of morpholine rings is 1. The second kappa shape index (κ2) is 8.61. The number of Topliss-reactive ketones (excluding diaryl/α,β-unsaturated/α-hetero) is 1. The third-order valence-corrected chi connectivity index (χ3v) is 7.06. The summed E-state index contributed by atoms with van der Waals surface area (Å²) in [4.78, 5) is 37.0. The Labute approximate surface area is 182 Å². The number of sulfonamides is 1. The van der Waals surface area contributed by atoms with E-state index in [4.69, 9.17) is 4.74 Å². The van der Waals surface area contributed by atoms with E-state index in [0.717, 1.165) is 4.68 Å². The van der Waals surface area contributed by atoms with Gasteiger partial charge in [-0.25, -0.2) is 17.9 Å². The first-order valence-electron chi connectivity index (χ1n) is 9.73. The number of rotatable bonds is 6. The minimum absolute atomic E-state index is 0.0464. The van der Waals surface area contributed by atoms with Crippen molar-refractivity contribution in [1.82, 2.24) is 14.1 Å². The smallest absolute Gasteiger partial charge is 0.357 e. The summed E-state index contributed by atoms with van der Waals surface area (Å²) >= 11 is 0. The lowest BCUT2D eigenvalue weighted by Gasteiger charge is -2.26. The third-order valence-electron chi connectivity index (χ3n) is 5.15. The van der Waals surface area contributed by atoms with Crippen molar-refractivity contribution in [2.75, 3.05) is 26.3 Å². The van der Waals surface area contributed by atoms with Gasteiger partial charge in [-0.05, 0) is 30.3 Å². The van der Waals surface area contributed by atoms with Gasteiger partial charge in [0.15, 0.2) is 11.5 Å². The Kier molecular flexibility index (Phi) is 5.87. The van der Waals surface area contributed by atoms with Crippen molar-refractivity contribution in [3.63, 3.8) is 0 Å². The van der Waals surface area contributed by atoms with Gasteiger partial charge in [0.1, 0.15) is 6.54 Å². The molecule has 0 spiro atoms. The fourth-order valence-corrected chi connectivity index (χ4v) is 4.88. The molecule has 4 rings (SSSR count). The fraction of sp³-hybridized carbons (Fsp3) is 0.238. The molecule has 10 nitrogen and oxygen atoms in total. The summed E-state index contributed by atoms with van der Waals surface area (Å²) in [5.41, 5.74) is -0.755. The number of hydrogen-bond donors (Lipinski definition) is 1. The molecule has 1 aromatic heterocycles. The lowest BCUT2D eigenvalue weighted by molar-refractivity contribution is 0.0688. The highest BCUT2D eigenvalue weighted by atomic mass is 32.2. The van der Waals surface area contributed by atoms with Crippen molar-refractivity contribution in [3.8, 4) is 0 Å².